The Kier molecular flexibility index (Phi) is 5.58. The molecule has 0 aliphatic carbocycles. The highest BCUT2D eigenvalue weighted by Crippen LogP contribution is 2.21. The molecule has 106 valence electrons. The first-order chi connectivity index (χ1) is 9.58. The fourth-order valence-electron chi connectivity index (χ4n) is 2.20. The molecule has 0 amide bonds. The maximum absolute atomic E-state index is 13.8. The molecule has 0 radical (unpaired) electrons. The van der Waals surface area contributed by atoms with Crippen molar-refractivity contribution in [3.63, 3.8) is 0 Å². The molecule has 20 heavy (non-hydrogen) atoms. The van der Waals surface area contributed by atoms with Gasteiger partial charge in [-0.3, -0.25) is 0 Å². The van der Waals surface area contributed by atoms with Gasteiger partial charge in [-0.05, 0) is 54.2 Å². The largest absolute Gasteiger partial charge is 0.396 e. The van der Waals surface area contributed by atoms with Crippen molar-refractivity contribution in [2.75, 3.05) is 6.61 Å². The van der Waals surface area contributed by atoms with E-state index in [2.05, 4.69) is 15.9 Å². The van der Waals surface area contributed by atoms with Gasteiger partial charge in [0.25, 0.3) is 0 Å². The van der Waals surface area contributed by atoms with Gasteiger partial charge in [0.15, 0.2) is 0 Å². The molecule has 0 bridgehead atoms. The molecule has 0 heterocycles. The summed E-state index contributed by atoms with van der Waals surface area (Å²) in [5, 5.41) is 10.2. The van der Waals surface area contributed by atoms with Crippen molar-refractivity contribution in [2.45, 2.75) is 12.8 Å². The third kappa shape index (κ3) is 4.30. The van der Waals surface area contributed by atoms with Gasteiger partial charge in [0.05, 0.1) is 0 Å². The van der Waals surface area contributed by atoms with Crippen molar-refractivity contribution in [1.29, 1.82) is 0 Å². The van der Waals surface area contributed by atoms with Gasteiger partial charge in [-0.2, -0.15) is 0 Å². The minimum Gasteiger partial charge on any atom is -0.396 e. The first-order valence-electron chi connectivity index (χ1n) is 6.37. The predicted octanol–water partition coefficient (Wildman–Crippen LogP) is 4.64. The van der Waals surface area contributed by atoms with Gasteiger partial charge in [-0.15, -0.1) is 0 Å². The van der Waals surface area contributed by atoms with Gasteiger partial charge >= 0.3 is 0 Å². The van der Waals surface area contributed by atoms with Crippen molar-refractivity contribution in [3.05, 3.63) is 68.9 Å². The van der Waals surface area contributed by atoms with Crippen LogP contribution in [0.25, 0.3) is 0 Å². The number of aliphatic hydroxyl groups is 1. The summed E-state index contributed by atoms with van der Waals surface area (Å²) < 4.78 is 14.5. The zero-order valence-corrected chi connectivity index (χ0v) is 13.2. The van der Waals surface area contributed by atoms with Crippen LogP contribution in [0.4, 0.5) is 4.39 Å². The lowest BCUT2D eigenvalue weighted by Gasteiger charge is -2.15. The van der Waals surface area contributed by atoms with E-state index in [4.69, 9.17) is 11.6 Å². The summed E-state index contributed by atoms with van der Waals surface area (Å²) in [5.41, 5.74) is 1.67. The van der Waals surface area contributed by atoms with E-state index in [1.165, 1.54) is 6.07 Å². The van der Waals surface area contributed by atoms with Crippen LogP contribution in [0, 0.1) is 11.7 Å². The zero-order valence-electron chi connectivity index (χ0n) is 10.8. The summed E-state index contributed by atoms with van der Waals surface area (Å²) in [6, 6.07) is 12.5. The summed E-state index contributed by atoms with van der Waals surface area (Å²) in [4.78, 5) is 0. The Balaban J connectivity index is 2.09. The van der Waals surface area contributed by atoms with Crippen LogP contribution in [-0.4, -0.2) is 11.7 Å². The summed E-state index contributed by atoms with van der Waals surface area (Å²) >= 11 is 9.18. The molecule has 2 aromatic rings. The maximum atomic E-state index is 13.8. The van der Waals surface area contributed by atoms with Crippen LogP contribution >= 0.6 is 27.5 Å². The van der Waals surface area contributed by atoms with Crippen LogP contribution < -0.4 is 0 Å². The molecular formula is C16H15BrClFO. The molecule has 1 atom stereocenters. The number of hydrogen-bond donors (Lipinski definition) is 1. The molecule has 0 fully saturated rings. The smallest absolute Gasteiger partial charge is 0.127 e. The van der Waals surface area contributed by atoms with Gasteiger partial charge in [0, 0.05) is 16.1 Å². The lowest BCUT2D eigenvalue weighted by atomic mass is 9.93. The van der Waals surface area contributed by atoms with Gasteiger partial charge < -0.3 is 5.11 Å². The van der Waals surface area contributed by atoms with Crippen LogP contribution in [-0.2, 0) is 12.8 Å². The summed E-state index contributed by atoms with van der Waals surface area (Å²) in [6.45, 7) is 0.0159. The van der Waals surface area contributed by atoms with Crippen LogP contribution in [0.5, 0.6) is 0 Å². The molecule has 0 aromatic heterocycles. The number of benzene rings is 2. The number of aliphatic hydroxyl groups excluding tert-OH is 1. The average molecular weight is 358 g/mol. The molecule has 2 rings (SSSR count). The molecule has 1 N–H and O–H groups in total. The molecule has 1 nitrogen and oxygen atoms in total. The Bertz CT molecular complexity index is 588. The lowest BCUT2D eigenvalue weighted by molar-refractivity contribution is 0.224. The quantitative estimate of drug-likeness (QED) is 0.827. The third-order valence-corrected chi connectivity index (χ3v) is 3.92. The van der Waals surface area contributed by atoms with E-state index >= 15 is 0 Å². The second-order valence-corrected chi connectivity index (χ2v) is 6.17. The van der Waals surface area contributed by atoms with E-state index in [1.54, 1.807) is 6.07 Å². The van der Waals surface area contributed by atoms with E-state index in [-0.39, 0.29) is 18.3 Å². The maximum Gasteiger partial charge on any atom is 0.127 e. The van der Waals surface area contributed by atoms with Crippen LogP contribution in [0.1, 0.15) is 11.1 Å². The topological polar surface area (TPSA) is 20.2 Å². The highest BCUT2D eigenvalue weighted by molar-refractivity contribution is 9.10. The molecule has 0 aliphatic heterocycles. The zero-order chi connectivity index (χ0) is 14.5. The van der Waals surface area contributed by atoms with E-state index in [0.717, 1.165) is 5.56 Å². The molecular weight excluding hydrogens is 343 g/mol. The van der Waals surface area contributed by atoms with E-state index < -0.39 is 0 Å². The molecule has 4 heteroatoms. The number of hydrogen-bond acceptors (Lipinski definition) is 1. The monoisotopic (exact) mass is 356 g/mol. The molecule has 0 aliphatic rings. The van der Waals surface area contributed by atoms with Crippen molar-refractivity contribution in [1.82, 2.24) is 0 Å². The number of halogens is 3. The van der Waals surface area contributed by atoms with Crippen molar-refractivity contribution < 1.29 is 9.50 Å². The lowest BCUT2D eigenvalue weighted by Crippen LogP contribution is -2.13. The summed E-state index contributed by atoms with van der Waals surface area (Å²) in [5.74, 6) is -0.270. The SMILES string of the molecule is OCC(Cc1cccc(Cl)c1)Cc1ccc(Br)cc1F. The molecule has 1 unspecified atom stereocenters. The van der Waals surface area contributed by atoms with Crippen LogP contribution in [0.2, 0.25) is 5.02 Å². The van der Waals surface area contributed by atoms with Crippen LogP contribution in [0.3, 0.4) is 0 Å². The Morgan fingerprint density at radius 1 is 1.15 bits per heavy atom. The normalized spacial score (nSPS) is 12.4. The minimum atomic E-state index is -0.246. The first kappa shape index (κ1) is 15.5. The third-order valence-electron chi connectivity index (χ3n) is 3.20. The fraction of sp³-hybridized carbons (Fsp3) is 0.250. The molecule has 0 saturated carbocycles. The van der Waals surface area contributed by atoms with E-state index in [0.29, 0.717) is 27.9 Å². The fourth-order valence-corrected chi connectivity index (χ4v) is 2.74. The highest BCUT2D eigenvalue weighted by Gasteiger charge is 2.13. The average Bonchev–Trinajstić information content (AvgIpc) is 2.41. The second kappa shape index (κ2) is 7.21. The van der Waals surface area contributed by atoms with E-state index in [1.807, 2.05) is 30.3 Å². The van der Waals surface area contributed by atoms with Crippen molar-refractivity contribution in [2.24, 2.45) is 5.92 Å². The van der Waals surface area contributed by atoms with Gasteiger partial charge in [-0.25, -0.2) is 4.39 Å². The van der Waals surface area contributed by atoms with Crippen molar-refractivity contribution >= 4 is 27.5 Å². The Morgan fingerprint density at radius 2 is 1.95 bits per heavy atom. The van der Waals surface area contributed by atoms with Gasteiger partial charge in [0.1, 0.15) is 5.82 Å². The van der Waals surface area contributed by atoms with Gasteiger partial charge in [-0.1, -0.05) is 45.7 Å². The van der Waals surface area contributed by atoms with E-state index in [9.17, 15) is 9.50 Å². The van der Waals surface area contributed by atoms with Crippen molar-refractivity contribution in [3.8, 4) is 0 Å². The summed E-state index contributed by atoms with van der Waals surface area (Å²) in [6.07, 6.45) is 1.18. The molecule has 2 aromatic carbocycles. The second-order valence-electron chi connectivity index (χ2n) is 4.82. The molecule has 0 spiro atoms. The highest BCUT2D eigenvalue weighted by atomic mass is 79.9. The van der Waals surface area contributed by atoms with Gasteiger partial charge in [0.2, 0.25) is 0 Å². The summed E-state index contributed by atoms with van der Waals surface area (Å²) in [7, 11) is 0. The van der Waals surface area contributed by atoms with Crippen LogP contribution in [0.15, 0.2) is 46.9 Å². The Hall–Kier alpha value is -0.900. The Morgan fingerprint density at radius 3 is 2.60 bits per heavy atom. The predicted molar refractivity (Wildman–Crippen MR) is 83.5 cm³/mol. The standard InChI is InChI=1S/C16H15BrClFO/c17-14-5-4-13(16(19)9-14)7-12(10-20)6-11-2-1-3-15(18)8-11/h1-5,8-9,12,20H,6-7,10H2. The Labute approximate surface area is 131 Å². The minimum absolute atomic E-state index is 0.0159. The molecule has 0 saturated heterocycles. The number of rotatable bonds is 5. The first-order valence-corrected chi connectivity index (χ1v) is 7.55.